The number of hydrogen-bond acceptors (Lipinski definition) is 3. The third-order valence-electron chi connectivity index (χ3n) is 3.95. The molecule has 1 aromatic heterocycles. The first kappa shape index (κ1) is 15.8. The molecule has 0 aliphatic heterocycles. The molecule has 1 heterocycles. The molecule has 0 amide bonds. The van der Waals surface area contributed by atoms with Crippen LogP contribution in [0.25, 0.3) is 5.69 Å². The zero-order valence-corrected chi connectivity index (χ0v) is 13.6. The van der Waals surface area contributed by atoms with Gasteiger partial charge in [0.2, 0.25) is 0 Å². The van der Waals surface area contributed by atoms with Gasteiger partial charge in [0.25, 0.3) is 5.56 Å². The molecule has 0 unspecified atom stereocenters. The predicted molar refractivity (Wildman–Crippen MR) is 91.5 cm³/mol. The van der Waals surface area contributed by atoms with Crippen LogP contribution >= 0.6 is 0 Å². The van der Waals surface area contributed by atoms with Crippen LogP contribution in [0.5, 0.6) is 0 Å². The first-order valence-electron chi connectivity index (χ1n) is 7.67. The Kier molecular flexibility index (Phi) is 4.33. The Hall–Kier alpha value is -3.08. The quantitative estimate of drug-likeness (QED) is 0.742. The van der Waals surface area contributed by atoms with Crippen LogP contribution in [-0.4, -0.2) is 15.5 Å². The lowest BCUT2D eigenvalue weighted by Gasteiger charge is -2.12. The van der Waals surface area contributed by atoms with Gasteiger partial charge < -0.3 is 4.74 Å². The zero-order chi connectivity index (χ0) is 17.1. The Labute approximate surface area is 139 Å². The van der Waals surface area contributed by atoms with E-state index < -0.39 is 6.09 Å². The summed E-state index contributed by atoms with van der Waals surface area (Å²) in [5.74, 6) is 0. The second kappa shape index (κ2) is 6.58. The topological polar surface area (TPSA) is 53.2 Å². The largest absolute Gasteiger partial charge is 0.443 e. The summed E-state index contributed by atoms with van der Waals surface area (Å²) in [6.45, 7) is 3.59. The Balaban J connectivity index is 1.97. The van der Waals surface area contributed by atoms with Crippen LogP contribution in [0.2, 0.25) is 0 Å². The van der Waals surface area contributed by atoms with Gasteiger partial charge in [0.15, 0.2) is 0 Å². The molecule has 3 aromatic rings. The zero-order valence-electron chi connectivity index (χ0n) is 13.6. The van der Waals surface area contributed by atoms with Gasteiger partial charge in [-0.25, -0.2) is 9.48 Å². The van der Waals surface area contributed by atoms with Crippen LogP contribution < -0.4 is 5.56 Å². The van der Waals surface area contributed by atoms with Gasteiger partial charge in [-0.3, -0.25) is 4.79 Å². The second-order valence-electron chi connectivity index (χ2n) is 5.51. The van der Waals surface area contributed by atoms with Crippen LogP contribution in [0.3, 0.4) is 0 Å². The van der Waals surface area contributed by atoms with Crippen molar-refractivity contribution >= 4 is 6.09 Å². The third-order valence-corrected chi connectivity index (χ3v) is 3.95. The normalized spacial score (nSPS) is 10.6. The van der Waals surface area contributed by atoms with Gasteiger partial charge in [0.05, 0.1) is 11.4 Å². The molecule has 0 aliphatic carbocycles. The van der Waals surface area contributed by atoms with Crippen molar-refractivity contribution in [3.05, 3.63) is 87.8 Å². The van der Waals surface area contributed by atoms with Gasteiger partial charge in [-0.2, -0.15) is 4.68 Å². The highest BCUT2D eigenvalue weighted by Crippen LogP contribution is 2.12. The molecule has 5 nitrogen and oxygen atoms in total. The lowest BCUT2D eigenvalue weighted by molar-refractivity contribution is 0.135. The highest BCUT2D eigenvalue weighted by atomic mass is 16.6. The minimum absolute atomic E-state index is 0.152. The minimum Gasteiger partial charge on any atom is -0.443 e. The summed E-state index contributed by atoms with van der Waals surface area (Å²) in [5, 5.41) is 0. The van der Waals surface area contributed by atoms with E-state index in [2.05, 4.69) is 0 Å². The number of ether oxygens (including phenoxy) is 1. The number of hydrogen-bond donors (Lipinski definition) is 0. The Morgan fingerprint density at radius 3 is 2.17 bits per heavy atom. The fourth-order valence-electron chi connectivity index (χ4n) is 2.51. The van der Waals surface area contributed by atoms with Crippen LogP contribution in [0, 0.1) is 13.8 Å². The van der Waals surface area contributed by atoms with Gasteiger partial charge >= 0.3 is 6.09 Å². The van der Waals surface area contributed by atoms with Crippen molar-refractivity contribution in [3.63, 3.8) is 0 Å². The number of benzene rings is 2. The molecule has 2 aromatic carbocycles. The Bertz CT molecular complexity index is 909. The van der Waals surface area contributed by atoms with Crippen molar-refractivity contribution < 1.29 is 9.53 Å². The lowest BCUT2D eigenvalue weighted by atomic mass is 10.2. The fourth-order valence-corrected chi connectivity index (χ4v) is 2.51. The maximum atomic E-state index is 12.6. The SMILES string of the molecule is Cc1c(C)n(C(=O)OCc2ccccc2)n(-c2ccccc2)c1=O. The molecule has 3 rings (SSSR count). The summed E-state index contributed by atoms with van der Waals surface area (Å²) in [7, 11) is 0. The predicted octanol–water partition coefficient (Wildman–Crippen LogP) is 3.44. The van der Waals surface area contributed by atoms with E-state index in [0.29, 0.717) is 16.9 Å². The van der Waals surface area contributed by atoms with E-state index in [9.17, 15) is 9.59 Å². The summed E-state index contributed by atoms with van der Waals surface area (Å²) in [6, 6.07) is 18.5. The van der Waals surface area contributed by atoms with Crippen molar-refractivity contribution in [2.24, 2.45) is 0 Å². The molecule has 0 fully saturated rings. The standard InChI is InChI=1S/C19H18N2O3/c1-14-15(2)20(19(23)24-13-16-9-5-3-6-10-16)21(18(14)22)17-11-7-4-8-12-17/h3-12H,13H2,1-2H3. The molecular formula is C19H18N2O3. The highest BCUT2D eigenvalue weighted by Gasteiger charge is 2.21. The molecule has 5 heteroatoms. The number of carbonyl (C=O) groups is 1. The van der Waals surface area contributed by atoms with Gasteiger partial charge in [0.1, 0.15) is 6.61 Å². The molecular weight excluding hydrogens is 304 g/mol. The minimum atomic E-state index is -0.578. The molecule has 0 N–H and O–H groups in total. The average molecular weight is 322 g/mol. The molecule has 0 radical (unpaired) electrons. The van der Waals surface area contributed by atoms with Crippen LogP contribution in [0.15, 0.2) is 65.5 Å². The van der Waals surface area contributed by atoms with Gasteiger partial charge in [0, 0.05) is 5.56 Å². The third kappa shape index (κ3) is 2.88. The van der Waals surface area contributed by atoms with E-state index in [1.807, 2.05) is 48.5 Å². The van der Waals surface area contributed by atoms with Gasteiger partial charge in [-0.1, -0.05) is 48.5 Å². The molecule has 0 bridgehead atoms. The van der Waals surface area contributed by atoms with Crippen LogP contribution in [0.1, 0.15) is 16.8 Å². The summed E-state index contributed by atoms with van der Waals surface area (Å²) in [5.41, 5.74) is 2.38. The van der Waals surface area contributed by atoms with Crippen molar-refractivity contribution in [3.8, 4) is 5.69 Å². The summed E-state index contributed by atoms with van der Waals surface area (Å²) in [4.78, 5) is 25.1. The van der Waals surface area contributed by atoms with Crippen LogP contribution in [0.4, 0.5) is 4.79 Å². The van der Waals surface area contributed by atoms with E-state index in [1.54, 1.807) is 26.0 Å². The van der Waals surface area contributed by atoms with E-state index in [-0.39, 0.29) is 12.2 Å². The smallest absolute Gasteiger partial charge is 0.434 e. The molecule has 122 valence electrons. The monoisotopic (exact) mass is 322 g/mol. The van der Waals surface area contributed by atoms with Crippen LogP contribution in [-0.2, 0) is 11.3 Å². The second-order valence-corrected chi connectivity index (χ2v) is 5.51. The fraction of sp³-hybridized carbons (Fsp3) is 0.158. The van der Waals surface area contributed by atoms with Gasteiger partial charge in [-0.15, -0.1) is 0 Å². The van der Waals surface area contributed by atoms with Crippen molar-refractivity contribution in [1.82, 2.24) is 9.36 Å². The Morgan fingerprint density at radius 2 is 1.54 bits per heavy atom. The molecule has 0 aliphatic rings. The number of rotatable bonds is 3. The van der Waals surface area contributed by atoms with Crippen molar-refractivity contribution in [2.75, 3.05) is 0 Å². The number of carbonyl (C=O) groups excluding carboxylic acids is 1. The van der Waals surface area contributed by atoms with E-state index in [4.69, 9.17) is 4.74 Å². The summed E-state index contributed by atoms with van der Waals surface area (Å²) in [6.07, 6.45) is -0.578. The lowest BCUT2D eigenvalue weighted by Crippen LogP contribution is -2.27. The first-order valence-corrected chi connectivity index (χ1v) is 7.67. The van der Waals surface area contributed by atoms with Crippen molar-refractivity contribution in [1.29, 1.82) is 0 Å². The highest BCUT2D eigenvalue weighted by molar-refractivity contribution is 5.71. The van der Waals surface area contributed by atoms with E-state index in [1.165, 1.54) is 9.36 Å². The molecule has 0 saturated heterocycles. The molecule has 0 saturated carbocycles. The Morgan fingerprint density at radius 1 is 0.958 bits per heavy atom. The molecule has 0 spiro atoms. The maximum Gasteiger partial charge on any atom is 0.434 e. The van der Waals surface area contributed by atoms with E-state index >= 15 is 0 Å². The number of nitrogens with zero attached hydrogens (tertiary/aromatic N) is 2. The van der Waals surface area contributed by atoms with E-state index in [0.717, 1.165) is 5.56 Å². The average Bonchev–Trinajstić information content (AvgIpc) is 2.85. The number of aromatic nitrogens is 2. The molecule has 24 heavy (non-hydrogen) atoms. The van der Waals surface area contributed by atoms with Crippen molar-refractivity contribution in [2.45, 2.75) is 20.5 Å². The summed E-state index contributed by atoms with van der Waals surface area (Å²) >= 11 is 0. The summed E-state index contributed by atoms with van der Waals surface area (Å²) < 4.78 is 8.02. The maximum absolute atomic E-state index is 12.6. The number of para-hydroxylation sites is 1. The van der Waals surface area contributed by atoms with Gasteiger partial charge in [-0.05, 0) is 31.5 Å². The first-order chi connectivity index (χ1) is 11.6. The molecule has 0 atom stereocenters.